The number of nitrogens with zero attached hydrogens (tertiary/aromatic N) is 7. The van der Waals surface area contributed by atoms with Crippen LogP contribution >= 0.6 is 0 Å². The second-order valence-electron chi connectivity index (χ2n) is 10.2. The van der Waals surface area contributed by atoms with Crippen molar-refractivity contribution in [1.29, 1.82) is 0 Å². The fourth-order valence-electron chi connectivity index (χ4n) is 5.04. The zero-order chi connectivity index (χ0) is 27.9. The number of halogens is 3. The minimum Gasteiger partial charge on any atom is -0.341 e. The maximum atomic E-state index is 13.9. The molecule has 9 nitrogen and oxygen atoms in total. The van der Waals surface area contributed by atoms with E-state index >= 15 is 0 Å². The standard InChI is InChI=1S/C27H30F3N7O2/c1-17(2)37-15-22-23(25(37)39)32-26(35-10-8-34(9-11-35)18(3)38)33-24(22)36(16-27(28,29)30)14-21-12-19-6-4-5-7-20(19)13-31-21/h4-7,12-13,17H,8-11,14-16H2,1-3H3. The van der Waals surface area contributed by atoms with Crippen LogP contribution in [0.2, 0.25) is 0 Å². The van der Waals surface area contributed by atoms with Gasteiger partial charge in [-0.1, -0.05) is 24.3 Å². The van der Waals surface area contributed by atoms with Crippen molar-refractivity contribution in [2.75, 3.05) is 42.5 Å². The van der Waals surface area contributed by atoms with Gasteiger partial charge in [-0.25, -0.2) is 4.98 Å². The van der Waals surface area contributed by atoms with Gasteiger partial charge in [0.25, 0.3) is 5.91 Å². The highest BCUT2D eigenvalue weighted by Crippen LogP contribution is 2.35. The monoisotopic (exact) mass is 541 g/mol. The van der Waals surface area contributed by atoms with Gasteiger partial charge in [-0.3, -0.25) is 14.6 Å². The molecule has 39 heavy (non-hydrogen) atoms. The van der Waals surface area contributed by atoms with Crippen LogP contribution < -0.4 is 9.80 Å². The first-order chi connectivity index (χ1) is 18.5. The lowest BCUT2D eigenvalue weighted by Gasteiger charge is -2.35. The molecule has 0 spiro atoms. The van der Waals surface area contributed by atoms with E-state index in [1.165, 1.54) is 6.92 Å². The summed E-state index contributed by atoms with van der Waals surface area (Å²) in [6, 6.07) is 9.12. The summed E-state index contributed by atoms with van der Waals surface area (Å²) in [5.74, 6) is -0.118. The molecule has 3 aromatic rings. The van der Waals surface area contributed by atoms with E-state index in [2.05, 4.69) is 15.0 Å². The number of carbonyl (C=O) groups is 2. The van der Waals surface area contributed by atoms with E-state index in [-0.39, 0.29) is 48.4 Å². The Bertz CT molecular complexity index is 1400. The lowest BCUT2D eigenvalue weighted by molar-refractivity contribution is -0.129. The third-order valence-corrected chi connectivity index (χ3v) is 7.11. The molecule has 0 atom stereocenters. The van der Waals surface area contributed by atoms with Crippen LogP contribution in [0, 0.1) is 0 Å². The Hall–Kier alpha value is -3.96. The highest BCUT2D eigenvalue weighted by molar-refractivity contribution is 5.98. The molecule has 1 fully saturated rings. The number of hydrogen-bond acceptors (Lipinski definition) is 7. The smallest absolute Gasteiger partial charge is 0.341 e. The zero-order valence-electron chi connectivity index (χ0n) is 22.1. The summed E-state index contributed by atoms with van der Waals surface area (Å²) in [5, 5.41) is 1.75. The lowest BCUT2D eigenvalue weighted by atomic mass is 10.1. The van der Waals surface area contributed by atoms with Crippen LogP contribution in [0.15, 0.2) is 36.5 Å². The summed E-state index contributed by atoms with van der Waals surface area (Å²) in [4.78, 5) is 44.9. The molecular weight excluding hydrogens is 511 g/mol. The second kappa shape index (κ2) is 10.3. The average Bonchev–Trinajstić information content (AvgIpc) is 3.23. The van der Waals surface area contributed by atoms with Gasteiger partial charge < -0.3 is 19.6 Å². The largest absolute Gasteiger partial charge is 0.405 e. The summed E-state index contributed by atoms with van der Waals surface area (Å²) in [6.45, 7) is 5.59. The first-order valence-corrected chi connectivity index (χ1v) is 12.9. The maximum Gasteiger partial charge on any atom is 0.405 e. The second-order valence-corrected chi connectivity index (χ2v) is 10.2. The normalized spacial score (nSPS) is 15.9. The van der Waals surface area contributed by atoms with Crippen molar-refractivity contribution in [3.05, 3.63) is 53.5 Å². The molecule has 0 N–H and O–H groups in total. The molecule has 1 saturated heterocycles. The van der Waals surface area contributed by atoms with Gasteiger partial charge in [-0.15, -0.1) is 0 Å². The van der Waals surface area contributed by atoms with Gasteiger partial charge in [0, 0.05) is 56.3 Å². The first-order valence-electron chi connectivity index (χ1n) is 12.9. The van der Waals surface area contributed by atoms with E-state index < -0.39 is 12.7 Å². The van der Waals surface area contributed by atoms with Crippen molar-refractivity contribution in [1.82, 2.24) is 24.8 Å². The van der Waals surface area contributed by atoms with Crippen LogP contribution in [-0.4, -0.2) is 81.5 Å². The van der Waals surface area contributed by atoms with Crippen molar-refractivity contribution >= 4 is 34.4 Å². The van der Waals surface area contributed by atoms with Gasteiger partial charge in [0.05, 0.1) is 18.8 Å². The summed E-state index contributed by atoms with van der Waals surface area (Å²) < 4.78 is 41.8. The van der Waals surface area contributed by atoms with Gasteiger partial charge in [0.15, 0.2) is 0 Å². The molecule has 2 aliphatic heterocycles. The van der Waals surface area contributed by atoms with Gasteiger partial charge in [0.2, 0.25) is 11.9 Å². The quantitative estimate of drug-likeness (QED) is 0.471. The molecule has 0 aliphatic carbocycles. The highest BCUT2D eigenvalue weighted by atomic mass is 19.4. The molecule has 0 saturated carbocycles. The third kappa shape index (κ3) is 5.59. The molecule has 5 rings (SSSR count). The predicted octanol–water partition coefficient (Wildman–Crippen LogP) is 3.63. The Morgan fingerprint density at radius 2 is 1.77 bits per heavy atom. The number of anilines is 2. The van der Waals surface area contributed by atoms with E-state index in [4.69, 9.17) is 0 Å². The van der Waals surface area contributed by atoms with Crippen LogP contribution in [0.1, 0.15) is 42.5 Å². The van der Waals surface area contributed by atoms with Crippen molar-refractivity contribution < 1.29 is 22.8 Å². The molecule has 2 amide bonds. The molecule has 0 unspecified atom stereocenters. The Kier molecular flexibility index (Phi) is 7.04. The highest BCUT2D eigenvalue weighted by Gasteiger charge is 2.39. The number of alkyl halides is 3. The summed E-state index contributed by atoms with van der Waals surface area (Å²) >= 11 is 0. The van der Waals surface area contributed by atoms with Crippen LogP contribution in [-0.2, 0) is 17.9 Å². The molecule has 12 heteroatoms. The lowest BCUT2D eigenvalue weighted by Crippen LogP contribution is -2.48. The Morgan fingerprint density at radius 1 is 1.08 bits per heavy atom. The Morgan fingerprint density at radius 3 is 2.41 bits per heavy atom. The van der Waals surface area contributed by atoms with Gasteiger partial charge in [-0.05, 0) is 25.3 Å². The SMILES string of the molecule is CC(=O)N1CCN(c2nc3c(c(N(Cc4cc5ccccc5cn4)CC(F)(F)F)n2)CN(C(C)C)C3=O)CC1. The Balaban J connectivity index is 1.57. The van der Waals surface area contributed by atoms with E-state index in [9.17, 15) is 22.8 Å². The molecule has 0 radical (unpaired) electrons. The number of aromatic nitrogens is 3. The Labute approximate surface area is 224 Å². The molecule has 206 valence electrons. The number of piperazine rings is 1. The number of fused-ring (bicyclic) bond motifs is 2. The number of rotatable bonds is 6. The van der Waals surface area contributed by atoms with Crippen molar-refractivity contribution in [3.63, 3.8) is 0 Å². The molecular formula is C27H30F3N7O2. The number of amides is 2. The minimum atomic E-state index is -4.53. The number of benzene rings is 1. The van der Waals surface area contributed by atoms with Crippen molar-refractivity contribution in [2.24, 2.45) is 0 Å². The minimum absolute atomic E-state index is 0.0489. The van der Waals surface area contributed by atoms with E-state index in [1.807, 2.05) is 43.0 Å². The number of pyridine rings is 1. The van der Waals surface area contributed by atoms with Crippen LogP contribution in [0.25, 0.3) is 10.8 Å². The number of hydrogen-bond donors (Lipinski definition) is 0. The topological polar surface area (TPSA) is 85.8 Å². The predicted molar refractivity (Wildman–Crippen MR) is 140 cm³/mol. The number of carbonyl (C=O) groups excluding carboxylic acids is 2. The van der Waals surface area contributed by atoms with E-state index in [1.54, 1.807) is 22.1 Å². The van der Waals surface area contributed by atoms with E-state index in [0.717, 1.165) is 15.7 Å². The van der Waals surface area contributed by atoms with E-state index in [0.29, 0.717) is 37.4 Å². The molecule has 2 aliphatic rings. The molecule has 0 bridgehead atoms. The third-order valence-electron chi connectivity index (χ3n) is 7.11. The van der Waals surface area contributed by atoms with Crippen LogP contribution in [0.4, 0.5) is 24.9 Å². The zero-order valence-corrected chi connectivity index (χ0v) is 22.1. The average molecular weight is 542 g/mol. The summed E-state index contributed by atoms with van der Waals surface area (Å²) in [7, 11) is 0. The van der Waals surface area contributed by atoms with Crippen LogP contribution in [0.3, 0.4) is 0 Å². The van der Waals surface area contributed by atoms with Gasteiger partial charge >= 0.3 is 6.18 Å². The fraction of sp³-hybridized carbons (Fsp3) is 0.444. The van der Waals surface area contributed by atoms with Crippen molar-refractivity contribution in [3.8, 4) is 0 Å². The van der Waals surface area contributed by atoms with Crippen LogP contribution in [0.5, 0.6) is 0 Å². The first kappa shape index (κ1) is 26.6. The van der Waals surface area contributed by atoms with Gasteiger partial charge in [0.1, 0.15) is 18.1 Å². The fourth-order valence-corrected chi connectivity index (χ4v) is 5.04. The maximum absolute atomic E-state index is 13.9. The van der Waals surface area contributed by atoms with Gasteiger partial charge in [-0.2, -0.15) is 18.2 Å². The molecule has 2 aromatic heterocycles. The molecule has 1 aromatic carbocycles. The summed E-state index contributed by atoms with van der Waals surface area (Å²) in [5.41, 5.74) is 0.952. The summed E-state index contributed by atoms with van der Waals surface area (Å²) in [6.07, 6.45) is -2.88. The molecule has 4 heterocycles. The van der Waals surface area contributed by atoms with Crippen molar-refractivity contribution in [2.45, 2.75) is 46.1 Å².